The molecular weight excluding hydrogens is 442 g/mol. The molecule has 112 valence electrons. The summed E-state index contributed by atoms with van der Waals surface area (Å²) < 4.78 is 14.3. The second-order valence-corrected chi connectivity index (χ2v) is 7.64. The molecule has 21 heavy (non-hydrogen) atoms. The highest BCUT2D eigenvalue weighted by atomic mass is 127. The summed E-state index contributed by atoms with van der Waals surface area (Å²) >= 11 is 6.04. The molecule has 2 rings (SSSR count). The largest absolute Gasteiger partial charge is 0.207 e. The van der Waals surface area contributed by atoms with E-state index in [9.17, 15) is 4.39 Å². The summed E-state index contributed by atoms with van der Waals surface area (Å²) in [5, 5.41) is 0. The van der Waals surface area contributed by atoms with Gasteiger partial charge in [-0.3, -0.25) is 0 Å². The van der Waals surface area contributed by atoms with E-state index in [0.29, 0.717) is 0 Å². The van der Waals surface area contributed by atoms with Gasteiger partial charge in [-0.2, -0.15) is 0 Å². The second kappa shape index (κ2) is 6.37. The van der Waals surface area contributed by atoms with E-state index in [0.717, 1.165) is 9.13 Å². The molecule has 1 unspecified atom stereocenters. The Kier molecular flexibility index (Phi) is 5.14. The average molecular weight is 461 g/mol. The van der Waals surface area contributed by atoms with Crippen LogP contribution in [-0.4, -0.2) is 0 Å². The summed E-state index contributed by atoms with van der Waals surface area (Å²) in [5.74, 6) is -0.187. The number of rotatable bonds is 2. The number of benzene rings is 2. The summed E-state index contributed by atoms with van der Waals surface area (Å²) in [7, 11) is 0. The molecule has 0 spiro atoms. The summed E-state index contributed by atoms with van der Waals surface area (Å²) in [4.78, 5) is 0.0861. The first kappa shape index (κ1) is 16.9. The molecule has 0 aliphatic rings. The number of hydrogen-bond donors (Lipinski definition) is 0. The van der Waals surface area contributed by atoms with Gasteiger partial charge in [0.25, 0.3) is 0 Å². The monoisotopic (exact) mass is 460 g/mol. The van der Waals surface area contributed by atoms with Crippen molar-refractivity contribution in [3.05, 3.63) is 66.5 Å². The average Bonchev–Trinajstić information content (AvgIpc) is 2.43. The van der Waals surface area contributed by atoms with Crippen molar-refractivity contribution >= 4 is 38.5 Å². The fraction of sp³-hybridized carbons (Fsp3) is 0.333. The molecule has 2 aromatic rings. The molecule has 0 nitrogen and oxygen atoms in total. The normalized spacial score (nSPS) is 12.6. The molecule has 3 heteroatoms. The zero-order valence-corrected chi connectivity index (χ0v) is 16.7. The van der Waals surface area contributed by atoms with E-state index in [1.807, 2.05) is 6.07 Å². The maximum absolute atomic E-state index is 13.3. The quantitative estimate of drug-likeness (QED) is 0.356. The molecule has 1 atom stereocenters. The zero-order valence-electron chi connectivity index (χ0n) is 12.9. The highest BCUT2D eigenvalue weighted by molar-refractivity contribution is 14.1. The van der Waals surface area contributed by atoms with Crippen molar-refractivity contribution in [2.24, 2.45) is 0 Å². The van der Waals surface area contributed by atoms with Gasteiger partial charge < -0.3 is 0 Å². The Morgan fingerprint density at radius 2 is 1.38 bits per heavy atom. The van der Waals surface area contributed by atoms with E-state index >= 15 is 0 Å². The molecule has 0 bridgehead atoms. The minimum atomic E-state index is -0.187. The van der Waals surface area contributed by atoms with Crippen molar-refractivity contribution in [2.75, 3.05) is 0 Å². The van der Waals surface area contributed by atoms with E-state index < -0.39 is 0 Å². The lowest BCUT2D eigenvalue weighted by molar-refractivity contribution is 0.626. The molecule has 0 heterocycles. The van der Waals surface area contributed by atoms with E-state index in [1.165, 1.54) is 39.4 Å². The Morgan fingerprint density at radius 3 is 1.86 bits per heavy atom. The molecule has 0 N–H and O–H groups in total. The Balaban J connectivity index is 2.66. The fourth-order valence-electron chi connectivity index (χ4n) is 2.77. The highest BCUT2D eigenvalue weighted by Gasteiger charge is 2.21. The summed E-state index contributed by atoms with van der Waals surface area (Å²) in [6.07, 6.45) is 0. The summed E-state index contributed by atoms with van der Waals surface area (Å²) in [6, 6.07) is 4.99. The van der Waals surface area contributed by atoms with Crippen LogP contribution < -0.4 is 0 Å². The van der Waals surface area contributed by atoms with Gasteiger partial charge in [0.1, 0.15) is 5.82 Å². The van der Waals surface area contributed by atoms with E-state index in [1.54, 1.807) is 6.07 Å². The van der Waals surface area contributed by atoms with Gasteiger partial charge in [-0.15, -0.1) is 0 Å². The van der Waals surface area contributed by atoms with Crippen molar-refractivity contribution in [1.29, 1.82) is 0 Å². The smallest absolute Gasteiger partial charge is 0.124 e. The lowest BCUT2D eigenvalue weighted by atomic mass is 9.87. The van der Waals surface area contributed by atoms with Gasteiger partial charge in [-0.1, -0.05) is 22.0 Å². The van der Waals surface area contributed by atoms with Gasteiger partial charge in [0, 0.05) is 3.57 Å². The van der Waals surface area contributed by atoms with Gasteiger partial charge in [0.05, 0.1) is 4.83 Å². The third-order valence-electron chi connectivity index (χ3n) is 4.55. The van der Waals surface area contributed by atoms with Gasteiger partial charge in [-0.05, 0) is 108 Å². The van der Waals surface area contributed by atoms with Crippen LogP contribution in [0, 0.1) is 44.0 Å². The lowest BCUT2D eigenvalue weighted by Crippen LogP contribution is -2.07. The van der Waals surface area contributed by atoms with Crippen LogP contribution in [0.5, 0.6) is 0 Å². The number of halogens is 3. The standard InChI is InChI=1S/C18H19BrFI/c1-9-10(2)12(4)17(13(5)11(9)3)18(19)15-7-6-14(20)8-16(15)21/h6-8,18H,1-5H3. The first-order valence-electron chi connectivity index (χ1n) is 6.91. The molecular formula is C18H19BrFI. The van der Waals surface area contributed by atoms with Crippen LogP contribution in [0.25, 0.3) is 0 Å². The molecule has 0 amide bonds. The first-order chi connectivity index (χ1) is 9.75. The van der Waals surface area contributed by atoms with E-state index in [-0.39, 0.29) is 10.6 Å². The summed E-state index contributed by atoms with van der Waals surface area (Å²) in [6.45, 7) is 10.9. The Bertz CT molecular complexity index is 678. The maximum Gasteiger partial charge on any atom is 0.124 e. The molecule has 0 aliphatic heterocycles. The van der Waals surface area contributed by atoms with Crippen LogP contribution in [-0.2, 0) is 0 Å². The van der Waals surface area contributed by atoms with Gasteiger partial charge in [0.2, 0.25) is 0 Å². The van der Waals surface area contributed by atoms with Crippen molar-refractivity contribution in [1.82, 2.24) is 0 Å². The van der Waals surface area contributed by atoms with Crippen LogP contribution in [0.4, 0.5) is 4.39 Å². The topological polar surface area (TPSA) is 0 Å². The van der Waals surface area contributed by atoms with Crippen molar-refractivity contribution in [2.45, 2.75) is 39.4 Å². The molecule has 0 saturated heterocycles. The van der Waals surface area contributed by atoms with Crippen LogP contribution >= 0.6 is 38.5 Å². The molecule has 0 aromatic heterocycles. The third kappa shape index (κ3) is 3.04. The van der Waals surface area contributed by atoms with Gasteiger partial charge >= 0.3 is 0 Å². The Hall–Kier alpha value is -0.420. The minimum absolute atomic E-state index is 0.0861. The Labute approximate surface area is 148 Å². The van der Waals surface area contributed by atoms with Crippen LogP contribution in [0.1, 0.15) is 43.8 Å². The molecule has 2 aromatic carbocycles. The SMILES string of the molecule is Cc1c(C)c(C)c(C(Br)c2ccc(F)cc2I)c(C)c1C. The first-order valence-corrected chi connectivity index (χ1v) is 8.91. The zero-order chi connectivity index (χ0) is 15.9. The van der Waals surface area contributed by atoms with Crippen molar-refractivity contribution < 1.29 is 4.39 Å². The number of hydrogen-bond acceptors (Lipinski definition) is 0. The molecule has 0 saturated carbocycles. The summed E-state index contributed by atoms with van der Waals surface area (Å²) in [5.41, 5.74) is 9.10. The van der Waals surface area contributed by atoms with E-state index in [2.05, 4.69) is 73.1 Å². The minimum Gasteiger partial charge on any atom is -0.207 e. The maximum atomic E-state index is 13.3. The van der Waals surface area contributed by atoms with Crippen molar-refractivity contribution in [3.8, 4) is 0 Å². The molecule has 0 fully saturated rings. The Morgan fingerprint density at radius 1 is 0.905 bits per heavy atom. The van der Waals surface area contributed by atoms with Crippen LogP contribution in [0.15, 0.2) is 18.2 Å². The fourth-order valence-corrected chi connectivity index (χ4v) is 5.07. The predicted molar refractivity (Wildman–Crippen MR) is 100 cm³/mol. The molecule has 0 radical (unpaired) electrons. The molecule has 0 aliphatic carbocycles. The van der Waals surface area contributed by atoms with Crippen LogP contribution in [0.3, 0.4) is 0 Å². The van der Waals surface area contributed by atoms with E-state index in [4.69, 9.17) is 0 Å². The highest BCUT2D eigenvalue weighted by Crippen LogP contribution is 2.40. The van der Waals surface area contributed by atoms with Crippen LogP contribution in [0.2, 0.25) is 0 Å². The second-order valence-electron chi connectivity index (χ2n) is 5.57. The van der Waals surface area contributed by atoms with Gasteiger partial charge in [0.15, 0.2) is 0 Å². The van der Waals surface area contributed by atoms with Gasteiger partial charge in [-0.25, -0.2) is 4.39 Å². The predicted octanol–water partition coefficient (Wildman–Crippen LogP) is 6.46. The lowest BCUT2D eigenvalue weighted by Gasteiger charge is -2.23. The van der Waals surface area contributed by atoms with Crippen molar-refractivity contribution in [3.63, 3.8) is 0 Å². The third-order valence-corrected chi connectivity index (χ3v) is 6.43. The number of alkyl halides is 1.